The third-order valence-corrected chi connectivity index (χ3v) is 3.74. The number of nitrogens with zero attached hydrogens (tertiary/aromatic N) is 2. The predicted octanol–water partition coefficient (Wildman–Crippen LogP) is 2.86. The Morgan fingerprint density at radius 2 is 2.04 bits per heavy atom. The number of primary amides is 1. The van der Waals surface area contributed by atoms with Crippen LogP contribution in [0, 0.1) is 5.82 Å². The van der Waals surface area contributed by atoms with Crippen molar-refractivity contribution in [1.82, 2.24) is 9.97 Å². The molecule has 0 radical (unpaired) electrons. The minimum atomic E-state index is -0.794. The minimum absolute atomic E-state index is 0.0559. The van der Waals surface area contributed by atoms with E-state index < -0.39 is 11.7 Å². The van der Waals surface area contributed by atoms with Crippen molar-refractivity contribution in [1.29, 1.82) is 0 Å². The molecular weight excluding hydrogens is 349 g/mol. The van der Waals surface area contributed by atoms with Crippen molar-refractivity contribution in [3.05, 3.63) is 47.0 Å². The molecule has 1 heterocycles. The molecule has 25 heavy (non-hydrogen) atoms. The van der Waals surface area contributed by atoms with Gasteiger partial charge in [0.2, 0.25) is 5.82 Å². The number of rotatable bonds is 4. The highest BCUT2D eigenvalue weighted by molar-refractivity contribution is 6.31. The number of fused-ring (bicyclic) bond motifs is 1. The molecule has 0 saturated heterocycles. The summed E-state index contributed by atoms with van der Waals surface area (Å²) in [6.45, 7) is 0. The van der Waals surface area contributed by atoms with Gasteiger partial charge in [-0.2, -0.15) is 0 Å². The summed E-state index contributed by atoms with van der Waals surface area (Å²) in [5.41, 5.74) is 12.5. The van der Waals surface area contributed by atoms with Crippen LogP contribution in [-0.2, 0) is 0 Å². The third-order valence-electron chi connectivity index (χ3n) is 3.45. The van der Waals surface area contributed by atoms with Gasteiger partial charge in [0.25, 0.3) is 5.91 Å². The molecular formula is C16H13ClFN5O2. The number of amides is 1. The van der Waals surface area contributed by atoms with Crippen LogP contribution in [0.3, 0.4) is 0 Å². The zero-order chi connectivity index (χ0) is 18.1. The average molecular weight is 362 g/mol. The van der Waals surface area contributed by atoms with E-state index in [1.165, 1.54) is 25.3 Å². The molecule has 2 aromatic carbocycles. The van der Waals surface area contributed by atoms with Crippen molar-refractivity contribution in [3.8, 4) is 5.75 Å². The second kappa shape index (κ2) is 6.40. The summed E-state index contributed by atoms with van der Waals surface area (Å²) >= 11 is 5.79. The number of aromatic nitrogens is 2. The number of ether oxygens (including phenoxy) is 1. The summed E-state index contributed by atoms with van der Waals surface area (Å²) in [6, 6.07) is 7.25. The molecule has 5 N–H and O–H groups in total. The summed E-state index contributed by atoms with van der Waals surface area (Å²) in [5.74, 6) is -0.854. The van der Waals surface area contributed by atoms with E-state index in [1.54, 1.807) is 12.1 Å². The highest BCUT2D eigenvalue weighted by atomic mass is 35.5. The van der Waals surface area contributed by atoms with Crippen LogP contribution in [0.5, 0.6) is 5.75 Å². The van der Waals surface area contributed by atoms with Crippen molar-refractivity contribution in [3.63, 3.8) is 0 Å². The molecule has 3 aromatic rings. The van der Waals surface area contributed by atoms with Crippen LogP contribution in [0.1, 0.15) is 10.6 Å². The molecule has 0 unspecified atom stereocenters. The van der Waals surface area contributed by atoms with E-state index in [0.29, 0.717) is 28.0 Å². The van der Waals surface area contributed by atoms with E-state index in [1.807, 2.05) is 0 Å². The summed E-state index contributed by atoms with van der Waals surface area (Å²) in [5, 5.41) is 3.44. The Morgan fingerprint density at radius 1 is 1.28 bits per heavy atom. The average Bonchev–Trinajstić information content (AvgIpc) is 2.57. The fourth-order valence-electron chi connectivity index (χ4n) is 2.27. The van der Waals surface area contributed by atoms with Crippen molar-refractivity contribution in [2.24, 2.45) is 5.73 Å². The van der Waals surface area contributed by atoms with Crippen molar-refractivity contribution in [2.75, 3.05) is 18.2 Å². The molecule has 0 saturated carbocycles. The Hall–Kier alpha value is -3.13. The molecule has 9 heteroatoms. The van der Waals surface area contributed by atoms with Gasteiger partial charge in [0, 0.05) is 17.1 Å². The van der Waals surface area contributed by atoms with Gasteiger partial charge in [-0.25, -0.2) is 14.4 Å². The highest BCUT2D eigenvalue weighted by Crippen LogP contribution is 2.32. The number of halogens is 2. The van der Waals surface area contributed by atoms with E-state index in [-0.39, 0.29) is 16.7 Å². The van der Waals surface area contributed by atoms with Gasteiger partial charge in [0.1, 0.15) is 17.4 Å². The minimum Gasteiger partial charge on any atom is -0.495 e. The van der Waals surface area contributed by atoms with Gasteiger partial charge in [-0.05, 0) is 24.3 Å². The van der Waals surface area contributed by atoms with Gasteiger partial charge < -0.3 is 21.5 Å². The van der Waals surface area contributed by atoms with Crippen LogP contribution >= 0.6 is 11.6 Å². The Bertz CT molecular complexity index is 996. The molecule has 0 fully saturated rings. The van der Waals surface area contributed by atoms with E-state index >= 15 is 0 Å². The number of anilines is 3. The number of benzene rings is 2. The number of carbonyl (C=O) groups excluding carboxylic acids is 1. The fourth-order valence-corrected chi connectivity index (χ4v) is 2.45. The zero-order valence-electron chi connectivity index (χ0n) is 13.0. The molecule has 0 atom stereocenters. The molecule has 0 aliphatic carbocycles. The van der Waals surface area contributed by atoms with Crippen molar-refractivity contribution in [2.45, 2.75) is 0 Å². The fraction of sp³-hybridized carbons (Fsp3) is 0.0625. The first kappa shape index (κ1) is 16.7. The number of nitrogens with one attached hydrogen (secondary N) is 1. The topological polar surface area (TPSA) is 116 Å². The van der Waals surface area contributed by atoms with Gasteiger partial charge >= 0.3 is 0 Å². The molecule has 3 rings (SSSR count). The van der Waals surface area contributed by atoms with Crippen LogP contribution in [0.15, 0.2) is 30.3 Å². The first-order valence-corrected chi connectivity index (χ1v) is 7.44. The van der Waals surface area contributed by atoms with Gasteiger partial charge in [-0.15, -0.1) is 0 Å². The Labute approximate surface area is 146 Å². The lowest BCUT2D eigenvalue weighted by atomic mass is 10.2. The van der Waals surface area contributed by atoms with Crippen molar-refractivity contribution < 1.29 is 13.9 Å². The summed E-state index contributed by atoms with van der Waals surface area (Å²) < 4.78 is 18.5. The molecule has 1 aromatic heterocycles. The maximum Gasteiger partial charge on any atom is 0.286 e. The van der Waals surface area contributed by atoms with Crippen LogP contribution in [0.25, 0.3) is 10.9 Å². The Morgan fingerprint density at radius 3 is 2.68 bits per heavy atom. The number of carbonyl (C=O) groups is 1. The third kappa shape index (κ3) is 3.24. The van der Waals surface area contributed by atoms with Crippen LogP contribution in [0.4, 0.5) is 21.6 Å². The van der Waals surface area contributed by atoms with Gasteiger partial charge in [-0.1, -0.05) is 11.6 Å². The largest absolute Gasteiger partial charge is 0.495 e. The predicted molar refractivity (Wildman–Crippen MR) is 93.7 cm³/mol. The number of methoxy groups -OCH3 is 1. The SMILES string of the molecule is COc1cc2nc(C(N)=O)nc(Nc3ccc(F)c(Cl)c3)c2cc1N. The van der Waals surface area contributed by atoms with E-state index in [4.69, 9.17) is 27.8 Å². The molecule has 7 nitrogen and oxygen atoms in total. The van der Waals surface area contributed by atoms with Gasteiger partial charge in [-0.3, -0.25) is 4.79 Å². The molecule has 0 aliphatic heterocycles. The van der Waals surface area contributed by atoms with E-state index in [9.17, 15) is 9.18 Å². The van der Waals surface area contributed by atoms with Crippen LogP contribution in [-0.4, -0.2) is 23.0 Å². The summed E-state index contributed by atoms with van der Waals surface area (Å²) in [6.07, 6.45) is 0. The second-order valence-electron chi connectivity index (χ2n) is 5.13. The summed E-state index contributed by atoms with van der Waals surface area (Å²) in [4.78, 5) is 19.7. The Balaban J connectivity index is 2.18. The second-order valence-corrected chi connectivity index (χ2v) is 5.53. The molecule has 0 spiro atoms. The maximum absolute atomic E-state index is 13.3. The van der Waals surface area contributed by atoms with Crippen molar-refractivity contribution >= 4 is 45.6 Å². The lowest BCUT2D eigenvalue weighted by molar-refractivity contribution is 0.0991. The quantitative estimate of drug-likeness (QED) is 0.615. The van der Waals surface area contributed by atoms with Crippen LogP contribution < -0.4 is 21.5 Å². The normalized spacial score (nSPS) is 10.7. The first-order valence-electron chi connectivity index (χ1n) is 7.06. The number of hydrogen-bond acceptors (Lipinski definition) is 6. The van der Waals surface area contributed by atoms with E-state index in [2.05, 4.69) is 15.3 Å². The van der Waals surface area contributed by atoms with Gasteiger partial charge in [0.15, 0.2) is 0 Å². The molecule has 128 valence electrons. The number of hydrogen-bond donors (Lipinski definition) is 3. The molecule has 0 bridgehead atoms. The standard InChI is InChI=1S/C16H13ClFN5O2/c1-25-13-6-12-8(5-11(13)19)15(23-16(22-12)14(20)24)21-7-2-3-10(18)9(17)4-7/h2-6H,19H2,1H3,(H2,20,24)(H,21,22,23). The summed E-state index contributed by atoms with van der Waals surface area (Å²) in [7, 11) is 1.47. The first-order chi connectivity index (χ1) is 11.9. The van der Waals surface area contributed by atoms with E-state index in [0.717, 1.165) is 0 Å². The lowest BCUT2D eigenvalue weighted by Gasteiger charge is -2.12. The monoisotopic (exact) mass is 361 g/mol. The highest BCUT2D eigenvalue weighted by Gasteiger charge is 2.15. The van der Waals surface area contributed by atoms with Crippen LogP contribution in [0.2, 0.25) is 5.02 Å². The smallest absolute Gasteiger partial charge is 0.286 e. The maximum atomic E-state index is 13.3. The lowest BCUT2D eigenvalue weighted by Crippen LogP contribution is -2.16. The number of nitrogen functional groups attached to an aromatic ring is 1. The number of nitrogens with two attached hydrogens (primary N) is 2. The molecule has 1 amide bonds. The Kier molecular flexibility index (Phi) is 4.28. The zero-order valence-corrected chi connectivity index (χ0v) is 13.8. The van der Waals surface area contributed by atoms with Gasteiger partial charge in [0.05, 0.1) is 23.3 Å². The molecule has 0 aliphatic rings.